The number of aliphatic hydroxyl groups is 1. The molecule has 6 heteroatoms. The molecule has 4 nitrogen and oxygen atoms in total. The third kappa shape index (κ3) is 7.63. The molecule has 0 aromatic heterocycles. The van der Waals surface area contributed by atoms with E-state index in [4.69, 9.17) is 4.84 Å². The van der Waals surface area contributed by atoms with Crippen molar-refractivity contribution in [3.05, 3.63) is 11.3 Å². The van der Waals surface area contributed by atoms with Gasteiger partial charge in [0.2, 0.25) is 0 Å². The number of nitrogens with zero attached hydrogens (tertiary/aromatic N) is 1. The van der Waals surface area contributed by atoms with E-state index < -0.39 is 0 Å². The minimum absolute atomic E-state index is 0. The molecule has 1 aliphatic rings. The van der Waals surface area contributed by atoms with E-state index in [1.807, 2.05) is 25.6 Å². The molecule has 0 heterocycles. The van der Waals surface area contributed by atoms with Crippen LogP contribution < -0.4 is 0 Å². The number of carbonyl (C=O) groups is 1. The molecule has 0 aliphatic heterocycles. The number of thioether (sulfide) groups is 1. The topological polar surface area (TPSA) is 58.9 Å². The Morgan fingerprint density at radius 2 is 2.09 bits per heavy atom. The van der Waals surface area contributed by atoms with Crippen molar-refractivity contribution in [1.82, 2.24) is 0 Å². The van der Waals surface area contributed by atoms with Gasteiger partial charge in [0.1, 0.15) is 12.4 Å². The van der Waals surface area contributed by atoms with Crippen molar-refractivity contribution >= 4 is 52.8 Å². The zero-order valence-electron chi connectivity index (χ0n) is 14.2. The molecule has 1 N–H and O–H groups in total. The SMILES string of the molecule is CCCC(=NOCC)C1=C(O)CC(CC(C)SCC)CC1=O.[NaH]. The summed E-state index contributed by atoms with van der Waals surface area (Å²) in [5, 5.41) is 14.9. The number of ketones is 1. The van der Waals surface area contributed by atoms with Crippen LogP contribution in [0.2, 0.25) is 0 Å². The Hall–Kier alpha value is 0.0300. The van der Waals surface area contributed by atoms with Crippen molar-refractivity contribution in [2.24, 2.45) is 11.1 Å². The zero-order valence-corrected chi connectivity index (χ0v) is 15.0. The van der Waals surface area contributed by atoms with Gasteiger partial charge < -0.3 is 9.94 Å². The van der Waals surface area contributed by atoms with Gasteiger partial charge in [-0.3, -0.25) is 4.79 Å². The molecule has 0 aromatic rings. The fourth-order valence-electron chi connectivity index (χ4n) is 2.88. The molecular formula is C17H30NNaO3S. The molecule has 2 unspecified atom stereocenters. The van der Waals surface area contributed by atoms with Crippen LogP contribution in [0.15, 0.2) is 16.5 Å². The second-order valence-corrected chi connectivity index (χ2v) is 7.44. The van der Waals surface area contributed by atoms with Crippen molar-refractivity contribution in [3.63, 3.8) is 0 Å². The standard InChI is InChI=1S/C17H29NO3S.Na.H/c1-5-8-14(18-21-6-2)17-15(19)10-13(11-16(17)20)9-12(4)22-7-3;;/h12-13,19H,5-11H2,1-4H3;;. The van der Waals surface area contributed by atoms with Crippen LogP contribution >= 0.6 is 11.8 Å². The van der Waals surface area contributed by atoms with Crippen LogP contribution in [0.5, 0.6) is 0 Å². The Kier molecular flexibility index (Phi) is 12.4. The van der Waals surface area contributed by atoms with Gasteiger partial charge >= 0.3 is 29.6 Å². The molecule has 2 atom stereocenters. The number of oxime groups is 1. The monoisotopic (exact) mass is 351 g/mol. The van der Waals surface area contributed by atoms with Crippen LogP contribution in [0.1, 0.15) is 59.8 Å². The molecule has 23 heavy (non-hydrogen) atoms. The number of hydrogen-bond donors (Lipinski definition) is 1. The van der Waals surface area contributed by atoms with E-state index in [-0.39, 0.29) is 47.0 Å². The molecule has 0 amide bonds. The minimum atomic E-state index is 0. The molecule has 128 valence electrons. The first-order valence-corrected chi connectivity index (χ1v) is 9.34. The number of allylic oxidation sites excluding steroid dienone is 2. The van der Waals surface area contributed by atoms with Crippen LogP contribution in [0.25, 0.3) is 0 Å². The summed E-state index contributed by atoms with van der Waals surface area (Å²) in [6, 6.07) is 0. The average Bonchev–Trinajstić information content (AvgIpc) is 2.44. The van der Waals surface area contributed by atoms with Crippen molar-refractivity contribution in [2.75, 3.05) is 12.4 Å². The quantitative estimate of drug-likeness (QED) is 0.389. The normalized spacial score (nSPS) is 20.3. The van der Waals surface area contributed by atoms with Crippen molar-refractivity contribution in [1.29, 1.82) is 0 Å². The first-order valence-electron chi connectivity index (χ1n) is 8.29. The molecule has 1 aliphatic carbocycles. The summed E-state index contributed by atoms with van der Waals surface area (Å²) in [4.78, 5) is 17.6. The predicted molar refractivity (Wildman–Crippen MR) is 101 cm³/mol. The molecule has 0 aromatic carbocycles. The molecule has 1 rings (SSSR count). The van der Waals surface area contributed by atoms with Crippen LogP contribution in [-0.2, 0) is 9.63 Å². The summed E-state index contributed by atoms with van der Waals surface area (Å²) in [7, 11) is 0. The summed E-state index contributed by atoms with van der Waals surface area (Å²) < 4.78 is 0. The number of rotatable bonds is 9. The average molecular weight is 351 g/mol. The van der Waals surface area contributed by atoms with E-state index in [1.165, 1.54) is 0 Å². The van der Waals surface area contributed by atoms with Gasteiger partial charge in [0.05, 0.1) is 11.3 Å². The van der Waals surface area contributed by atoms with Crippen LogP contribution in [0.4, 0.5) is 0 Å². The third-order valence-electron chi connectivity index (χ3n) is 3.72. The number of Topliss-reactive ketones (excluding diaryl/α,β-unsaturated/α-hetero) is 1. The molecule has 0 fully saturated rings. The molecule has 0 saturated carbocycles. The van der Waals surface area contributed by atoms with Gasteiger partial charge in [0, 0.05) is 18.1 Å². The van der Waals surface area contributed by atoms with Crippen molar-refractivity contribution < 1.29 is 14.7 Å². The Bertz CT molecular complexity index is 438. The van der Waals surface area contributed by atoms with Crippen LogP contribution in [-0.4, -0.2) is 63.8 Å². The Morgan fingerprint density at radius 3 is 2.61 bits per heavy atom. The van der Waals surface area contributed by atoms with Gasteiger partial charge in [-0.25, -0.2) is 0 Å². The second kappa shape index (κ2) is 12.4. The summed E-state index contributed by atoms with van der Waals surface area (Å²) in [6.07, 6.45) is 3.56. The summed E-state index contributed by atoms with van der Waals surface area (Å²) in [5.74, 6) is 1.52. The first kappa shape index (κ1) is 23.0. The molecular weight excluding hydrogens is 321 g/mol. The van der Waals surface area contributed by atoms with E-state index in [0.717, 1.165) is 18.6 Å². The fraction of sp³-hybridized carbons (Fsp3) is 0.765. The first-order chi connectivity index (χ1) is 10.5. The van der Waals surface area contributed by atoms with E-state index in [0.29, 0.717) is 42.4 Å². The van der Waals surface area contributed by atoms with Gasteiger partial charge in [-0.15, -0.1) is 0 Å². The van der Waals surface area contributed by atoms with Gasteiger partial charge in [0.15, 0.2) is 5.78 Å². The summed E-state index contributed by atoms with van der Waals surface area (Å²) in [5.41, 5.74) is 1.00. The summed E-state index contributed by atoms with van der Waals surface area (Å²) >= 11 is 1.90. The van der Waals surface area contributed by atoms with Gasteiger partial charge in [-0.2, -0.15) is 11.8 Å². The summed E-state index contributed by atoms with van der Waals surface area (Å²) in [6.45, 7) is 8.67. The number of aliphatic hydroxyl groups excluding tert-OH is 1. The van der Waals surface area contributed by atoms with Gasteiger partial charge in [-0.05, 0) is 31.4 Å². The van der Waals surface area contributed by atoms with E-state index >= 15 is 0 Å². The third-order valence-corrected chi connectivity index (χ3v) is 4.81. The molecule has 0 bridgehead atoms. The fourth-order valence-corrected chi connectivity index (χ4v) is 3.86. The van der Waals surface area contributed by atoms with Crippen molar-refractivity contribution in [2.45, 2.75) is 65.0 Å². The van der Waals surface area contributed by atoms with Gasteiger partial charge in [-0.1, -0.05) is 32.3 Å². The van der Waals surface area contributed by atoms with Gasteiger partial charge in [0.25, 0.3) is 0 Å². The second-order valence-electron chi connectivity index (χ2n) is 5.73. The number of carbonyl (C=O) groups excluding carboxylic acids is 1. The maximum absolute atomic E-state index is 12.5. The Balaban J connectivity index is 0.00000484. The van der Waals surface area contributed by atoms with Crippen LogP contribution in [0.3, 0.4) is 0 Å². The Morgan fingerprint density at radius 1 is 1.39 bits per heavy atom. The van der Waals surface area contributed by atoms with E-state index in [9.17, 15) is 9.90 Å². The molecule has 0 spiro atoms. The molecule has 0 saturated heterocycles. The van der Waals surface area contributed by atoms with E-state index in [2.05, 4.69) is 19.0 Å². The van der Waals surface area contributed by atoms with Crippen LogP contribution in [0, 0.1) is 5.92 Å². The zero-order chi connectivity index (χ0) is 16.5. The van der Waals surface area contributed by atoms with E-state index in [1.54, 1.807) is 0 Å². The Labute approximate surface area is 166 Å². The molecule has 0 radical (unpaired) electrons. The predicted octanol–water partition coefficient (Wildman–Crippen LogP) is 3.85. The van der Waals surface area contributed by atoms with Crippen molar-refractivity contribution in [3.8, 4) is 0 Å². The number of hydrogen-bond acceptors (Lipinski definition) is 5. The maximum atomic E-state index is 12.5.